The first kappa shape index (κ1) is 10.9. The molecule has 0 aromatic carbocycles. The summed E-state index contributed by atoms with van der Waals surface area (Å²) in [6.07, 6.45) is 4.77. The lowest BCUT2D eigenvalue weighted by Gasteiger charge is -2.23. The normalized spacial score (nSPS) is 17.0. The fourth-order valence-electron chi connectivity index (χ4n) is 1.70. The Labute approximate surface area is 94.0 Å². The number of nitrogens with zero attached hydrogens (tertiary/aromatic N) is 1. The standard InChI is InChI=1S/C11H15N3O2/c12-10-1-4-13-7-9(10)11(15)14-8-2-5-16-6-3-8/h1,4,7-8H,2-3,5-6H2,(H2,12,13)(H,14,15). The number of nitrogens with one attached hydrogen (secondary N) is 1. The average molecular weight is 221 g/mol. The average Bonchev–Trinajstić information content (AvgIpc) is 2.31. The van der Waals surface area contributed by atoms with E-state index in [1.807, 2.05) is 0 Å². The molecule has 0 aliphatic carbocycles. The van der Waals surface area contributed by atoms with Crippen LogP contribution in [0.5, 0.6) is 0 Å². The number of aromatic nitrogens is 1. The summed E-state index contributed by atoms with van der Waals surface area (Å²) in [5.41, 5.74) is 6.60. The van der Waals surface area contributed by atoms with Crippen LogP contribution in [0, 0.1) is 0 Å². The summed E-state index contributed by atoms with van der Waals surface area (Å²) in [6, 6.07) is 1.81. The Hall–Kier alpha value is -1.62. The number of anilines is 1. The lowest BCUT2D eigenvalue weighted by atomic mass is 10.1. The maximum atomic E-state index is 11.9. The van der Waals surface area contributed by atoms with Crippen LogP contribution in [0.25, 0.3) is 0 Å². The van der Waals surface area contributed by atoms with Crippen LogP contribution in [0.1, 0.15) is 23.2 Å². The van der Waals surface area contributed by atoms with Gasteiger partial charge in [0, 0.05) is 37.3 Å². The summed E-state index contributed by atoms with van der Waals surface area (Å²) in [5.74, 6) is -0.155. The van der Waals surface area contributed by atoms with E-state index in [2.05, 4.69) is 10.3 Å². The van der Waals surface area contributed by atoms with Crippen LogP contribution in [0.2, 0.25) is 0 Å². The van der Waals surface area contributed by atoms with Crippen LogP contribution in [-0.4, -0.2) is 30.1 Å². The molecule has 1 aliphatic heterocycles. The molecule has 0 spiro atoms. The first-order valence-electron chi connectivity index (χ1n) is 5.35. The highest BCUT2D eigenvalue weighted by molar-refractivity contribution is 5.98. The lowest BCUT2D eigenvalue weighted by molar-refractivity contribution is 0.0697. The second-order valence-corrected chi connectivity index (χ2v) is 3.82. The third kappa shape index (κ3) is 2.49. The monoisotopic (exact) mass is 221 g/mol. The number of carbonyl (C=O) groups excluding carboxylic acids is 1. The summed E-state index contributed by atoms with van der Waals surface area (Å²) in [4.78, 5) is 15.8. The van der Waals surface area contributed by atoms with E-state index in [9.17, 15) is 4.79 Å². The van der Waals surface area contributed by atoms with Crippen molar-refractivity contribution in [1.82, 2.24) is 10.3 Å². The maximum Gasteiger partial charge on any atom is 0.255 e. The Balaban J connectivity index is 2.00. The molecule has 5 heteroatoms. The van der Waals surface area contributed by atoms with Crippen molar-refractivity contribution in [2.24, 2.45) is 0 Å². The van der Waals surface area contributed by atoms with Gasteiger partial charge in [-0.25, -0.2) is 0 Å². The molecule has 0 atom stereocenters. The minimum absolute atomic E-state index is 0.155. The van der Waals surface area contributed by atoms with Gasteiger partial charge < -0.3 is 15.8 Å². The number of hydrogen-bond donors (Lipinski definition) is 2. The smallest absolute Gasteiger partial charge is 0.255 e. The van der Waals surface area contributed by atoms with Crippen molar-refractivity contribution in [3.8, 4) is 0 Å². The van der Waals surface area contributed by atoms with Crippen molar-refractivity contribution in [1.29, 1.82) is 0 Å². The molecular formula is C11H15N3O2. The Kier molecular flexibility index (Phi) is 3.36. The van der Waals surface area contributed by atoms with E-state index in [4.69, 9.17) is 10.5 Å². The SMILES string of the molecule is Nc1ccncc1C(=O)NC1CCOCC1. The van der Waals surface area contributed by atoms with Crippen molar-refractivity contribution in [3.63, 3.8) is 0 Å². The van der Waals surface area contributed by atoms with Crippen molar-refractivity contribution >= 4 is 11.6 Å². The molecule has 5 nitrogen and oxygen atoms in total. The number of pyridine rings is 1. The van der Waals surface area contributed by atoms with Crippen LogP contribution >= 0.6 is 0 Å². The predicted octanol–water partition coefficient (Wildman–Crippen LogP) is 0.573. The minimum Gasteiger partial charge on any atom is -0.398 e. The Morgan fingerprint density at radius 1 is 1.50 bits per heavy atom. The van der Waals surface area contributed by atoms with E-state index in [1.54, 1.807) is 12.3 Å². The molecule has 2 heterocycles. The molecule has 0 radical (unpaired) electrons. The van der Waals surface area contributed by atoms with Crippen molar-refractivity contribution in [2.45, 2.75) is 18.9 Å². The van der Waals surface area contributed by atoms with Gasteiger partial charge in [0.1, 0.15) is 0 Å². The molecule has 1 saturated heterocycles. The van der Waals surface area contributed by atoms with Gasteiger partial charge in [-0.15, -0.1) is 0 Å². The predicted molar refractivity (Wildman–Crippen MR) is 60.0 cm³/mol. The highest BCUT2D eigenvalue weighted by atomic mass is 16.5. The summed E-state index contributed by atoms with van der Waals surface area (Å²) < 4.78 is 5.22. The Morgan fingerprint density at radius 2 is 2.25 bits per heavy atom. The molecule has 86 valence electrons. The Bertz CT molecular complexity index is 375. The molecule has 0 unspecified atom stereocenters. The van der Waals surface area contributed by atoms with E-state index in [0.29, 0.717) is 24.5 Å². The summed E-state index contributed by atoms with van der Waals surface area (Å²) >= 11 is 0. The number of rotatable bonds is 2. The zero-order valence-electron chi connectivity index (χ0n) is 8.98. The molecule has 0 bridgehead atoms. The van der Waals surface area contributed by atoms with E-state index in [0.717, 1.165) is 12.8 Å². The molecule has 0 saturated carbocycles. The summed E-state index contributed by atoms with van der Waals surface area (Å²) in [6.45, 7) is 1.40. The van der Waals surface area contributed by atoms with Crippen LogP contribution < -0.4 is 11.1 Å². The van der Waals surface area contributed by atoms with Crippen LogP contribution in [0.4, 0.5) is 5.69 Å². The van der Waals surface area contributed by atoms with Gasteiger partial charge in [0.2, 0.25) is 0 Å². The van der Waals surface area contributed by atoms with Gasteiger partial charge in [0.05, 0.1) is 5.56 Å². The van der Waals surface area contributed by atoms with Crippen molar-refractivity contribution < 1.29 is 9.53 Å². The maximum absolute atomic E-state index is 11.9. The molecule has 1 aliphatic rings. The zero-order chi connectivity index (χ0) is 11.4. The van der Waals surface area contributed by atoms with Crippen LogP contribution in [0.3, 0.4) is 0 Å². The molecule has 3 N–H and O–H groups in total. The molecule has 16 heavy (non-hydrogen) atoms. The summed E-state index contributed by atoms with van der Waals surface area (Å²) in [7, 11) is 0. The molecular weight excluding hydrogens is 206 g/mol. The summed E-state index contributed by atoms with van der Waals surface area (Å²) in [5, 5.41) is 2.94. The highest BCUT2D eigenvalue weighted by Gasteiger charge is 2.18. The second kappa shape index (κ2) is 4.94. The largest absolute Gasteiger partial charge is 0.398 e. The lowest BCUT2D eigenvalue weighted by Crippen LogP contribution is -2.39. The van der Waals surface area contributed by atoms with Gasteiger partial charge in [-0.3, -0.25) is 9.78 Å². The fourth-order valence-corrected chi connectivity index (χ4v) is 1.70. The van der Waals surface area contributed by atoms with Crippen molar-refractivity contribution in [2.75, 3.05) is 18.9 Å². The van der Waals surface area contributed by atoms with Gasteiger partial charge in [-0.05, 0) is 18.9 Å². The highest BCUT2D eigenvalue weighted by Crippen LogP contribution is 2.11. The number of carbonyl (C=O) groups is 1. The first-order chi connectivity index (χ1) is 7.77. The molecule has 1 fully saturated rings. The minimum atomic E-state index is -0.155. The van der Waals surface area contributed by atoms with Gasteiger partial charge >= 0.3 is 0 Å². The molecule has 1 amide bonds. The third-order valence-corrected chi connectivity index (χ3v) is 2.66. The zero-order valence-corrected chi connectivity index (χ0v) is 8.98. The second-order valence-electron chi connectivity index (χ2n) is 3.82. The fraction of sp³-hybridized carbons (Fsp3) is 0.455. The molecule has 1 aromatic heterocycles. The number of amides is 1. The molecule has 1 aromatic rings. The van der Waals surface area contributed by atoms with E-state index in [1.165, 1.54) is 6.20 Å². The van der Waals surface area contributed by atoms with Gasteiger partial charge in [-0.1, -0.05) is 0 Å². The number of nitrogen functional groups attached to an aromatic ring is 1. The number of hydrogen-bond acceptors (Lipinski definition) is 4. The quantitative estimate of drug-likeness (QED) is 0.765. The Morgan fingerprint density at radius 3 is 2.94 bits per heavy atom. The third-order valence-electron chi connectivity index (χ3n) is 2.66. The van der Waals surface area contributed by atoms with Gasteiger partial charge in [0.25, 0.3) is 5.91 Å². The van der Waals surface area contributed by atoms with E-state index >= 15 is 0 Å². The van der Waals surface area contributed by atoms with E-state index < -0.39 is 0 Å². The van der Waals surface area contributed by atoms with Gasteiger partial charge in [0.15, 0.2) is 0 Å². The molecule has 2 rings (SSSR count). The van der Waals surface area contributed by atoms with E-state index in [-0.39, 0.29) is 11.9 Å². The van der Waals surface area contributed by atoms with Crippen LogP contribution in [-0.2, 0) is 4.74 Å². The number of ether oxygens (including phenoxy) is 1. The van der Waals surface area contributed by atoms with Crippen LogP contribution in [0.15, 0.2) is 18.5 Å². The topological polar surface area (TPSA) is 77.2 Å². The number of nitrogens with two attached hydrogens (primary N) is 1. The van der Waals surface area contributed by atoms with Gasteiger partial charge in [-0.2, -0.15) is 0 Å². The first-order valence-corrected chi connectivity index (χ1v) is 5.35. The van der Waals surface area contributed by atoms with Crippen molar-refractivity contribution in [3.05, 3.63) is 24.0 Å².